The third kappa shape index (κ3) is 3.94. The first-order valence-electron chi connectivity index (χ1n) is 7.33. The summed E-state index contributed by atoms with van der Waals surface area (Å²) in [5, 5.41) is 0. The van der Waals surface area contributed by atoms with Crippen LogP contribution in [0.15, 0.2) is 30.3 Å². The Morgan fingerprint density at radius 2 is 1.81 bits per heavy atom. The maximum Gasteiger partial charge on any atom is 0.225 e. The molecule has 2 rings (SSSR count). The van der Waals surface area contributed by atoms with E-state index in [4.69, 9.17) is 4.74 Å². The summed E-state index contributed by atoms with van der Waals surface area (Å²) >= 11 is 0. The fourth-order valence-electron chi connectivity index (χ4n) is 2.13. The second-order valence-electron chi connectivity index (χ2n) is 5.30. The summed E-state index contributed by atoms with van der Waals surface area (Å²) in [4.78, 5) is 11.1. The van der Waals surface area contributed by atoms with Crippen molar-refractivity contribution in [2.75, 3.05) is 19.0 Å². The predicted molar refractivity (Wildman–Crippen MR) is 85.9 cm³/mol. The first-order chi connectivity index (χ1) is 10.1. The average Bonchev–Trinajstić information content (AvgIpc) is 2.47. The number of hydrogen-bond donors (Lipinski definition) is 0. The van der Waals surface area contributed by atoms with Gasteiger partial charge in [0.2, 0.25) is 5.95 Å². The fraction of sp³-hybridized carbons (Fsp3) is 0.412. The Bertz CT molecular complexity index is 582. The van der Waals surface area contributed by atoms with Gasteiger partial charge in [0.25, 0.3) is 0 Å². The van der Waals surface area contributed by atoms with Gasteiger partial charge in [-0.15, -0.1) is 0 Å². The van der Waals surface area contributed by atoms with E-state index in [1.54, 1.807) is 0 Å². The Labute approximate surface area is 126 Å². The van der Waals surface area contributed by atoms with Crippen molar-refractivity contribution in [3.8, 4) is 5.75 Å². The van der Waals surface area contributed by atoms with Gasteiger partial charge in [0, 0.05) is 14.1 Å². The van der Waals surface area contributed by atoms with E-state index in [0.717, 1.165) is 41.5 Å². The summed E-state index contributed by atoms with van der Waals surface area (Å²) in [6, 6.07) is 10.2. The van der Waals surface area contributed by atoms with Gasteiger partial charge in [-0.05, 0) is 18.9 Å². The number of benzene rings is 1. The molecule has 0 aliphatic rings. The summed E-state index contributed by atoms with van der Waals surface area (Å²) in [5.74, 6) is 1.56. The zero-order valence-electron chi connectivity index (χ0n) is 13.3. The van der Waals surface area contributed by atoms with Crippen LogP contribution < -0.4 is 9.64 Å². The smallest absolute Gasteiger partial charge is 0.225 e. The quantitative estimate of drug-likeness (QED) is 0.815. The number of nitrogens with zero attached hydrogens (tertiary/aromatic N) is 3. The zero-order chi connectivity index (χ0) is 15.2. The molecular formula is C17H23N3O. The van der Waals surface area contributed by atoms with Crippen LogP contribution in [0.3, 0.4) is 0 Å². The Morgan fingerprint density at radius 3 is 2.43 bits per heavy atom. The van der Waals surface area contributed by atoms with Crippen LogP contribution in [0.25, 0.3) is 0 Å². The van der Waals surface area contributed by atoms with E-state index in [0.29, 0.717) is 6.61 Å². The molecule has 0 aliphatic carbocycles. The van der Waals surface area contributed by atoms with Gasteiger partial charge in [0.05, 0.1) is 11.4 Å². The minimum absolute atomic E-state index is 0.545. The van der Waals surface area contributed by atoms with Crippen molar-refractivity contribution in [2.24, 2.45) is 0 Å². The van der Waals surface area contributed by atoms with Crippen molar-refractivity contribution < 1.29 is 4.74 Å². The second kappa shape index (κ2) is 7.07. The highest BCUT2D eigenvalue weighted by Crippen LogP contribution is 2.25. The van der Waals surface area contributed by atoms with Crippen LogP contribution in [0.1, 0.15) is 30.3 Å². The standard InChI is InChI=1S/C17H23N3O/c1-5-9-15-16(13(2)18-17(19-15)20(3)4)21-12-14-10-7-6-8-11-14/h6-8,10-11H,5,9,12H2,1-4H3. The lowest BCUT2D eigenvalue weighted by Crippen LogP contribution is -2.15. The molecule has 0 aliphatic heterocycles. The van der Waals surface area contributed by atoms with Gasteiger partial charge in [0.15, 0.2) is 5.75 Å². The van der Waals surface area contributed by atoms with Crippen molar-refractivity contribution in [2.45, 2.75) is 33.3 Å². The lowest BCUT2D eigenvalue weighted by molar-refractivity contribution is 0.297. The first kappa shape index (κ1) is 15.3. The van der Waals surface area contributed by atoms with E-state index in [1.165, 1.54) is 0 Å². The van der Waals surface area contributed by atoms with Gasteiger partial charge >= 0.3 is 0 Å². The van der Waals surface area contributed by atoms with Crippen molar-refractivity contribution in [3.63, 3.8) is 0 Å². The molecule has 0 N–H and O–H groups in total. The third-order valence-electron chi connectivity index (χ3n) is 3.21. The minimum atomic E-state index is 0.545. The Morgan fingerprint density at radius 1 is 1.10 bits per heavy atom. The molecule has 4 heteroatoms. The normalized spacial score (nSPS) is 10.5. The van der Waals surface area contributed by atoms with Crippen LogP contribution in [-0.2, 0) is 13.0 Å². The Kier molecular flexibility index (Phi) is 5.14. The number of anilines is 1. The lowest BCUT2D eigenvalue weighted by atomic mass is 10.2. The highest BCUT2D eigenvalue weighted by molar-refractivity contribution is 5.40. The minimum Gasteiger partial charge on any atom is -0.485 e. The molecule has 0 fully saturated rings. The van der Waals surface area contributed by atoms with Crippen LogP contribution in [0, 0.1) is 6.92 Å². The Hall–Kier alpha value is -2.10. The summed E-state index contributed by atoms with van der Waals surface area (Å²) in [6.45, 7) is 4.67. The van der Waals surface area contributed by atoms with E-state index < -0.39 is 0 Å². The summed E-state index contributed by atoms with van der Waals surface area (Å²) in [6.07, 6.45) is 1.93. The van der Waals surface area contributed by atoms with Crippen molar-refractivity contribution in [1.29, 1.82) is 0 Å². The molecule has 0 spiro atoms. The molecule has 0 amide bonds. The molecular weight excluding hydrogens is 262 g/mol. The Balaban J connectivity index is 2.24. The number of aromatic nitrogens is 2. The molecule has 112 valence electrons. The molecule has 4 nitrogen and oxygen atoms in total. The molecule has 1 aromatic carbocycles. The van der Waals surface area contributed by atoms with Gasteiger partial charge in [-0.25, -0.2) is 9.97 Å². The number of aryl methyl sites for hydroxylation is 2. The average molecular weight is 285 g/mol. The van der Waals surface area contributed by atoms with Gasteiger partial charge < -0.3 is 9.64 Å². The van der Waals surface area contributed by atoms with Crippen molar-refractivity contribution >= 4 is 5.95 Å². The van der Waals surface area contributed by atoms with E-state index in [2.05, 4.69) is 29.0 Å². The maximum atomic E-state index is 6.00. The zero-order valence-corrected chi connectivity index (χ0v) is 13.3. The molecule has 1 aromatic heterocycles. The van der Waals surface area contributed by atoms with Gasteiger partial charge in [-0.2, -0.15) is 0 Å². The molecule has 1 heterocycles. The van der Waals surface area contributed by atoms with E-state index in [1.807, 2.05) is 44.1 Å². The van der Waals surface area contributed by atoms with Crippen LogP contribution in [0.4, 0.5) is 5.95 Å². The second-order valence-corrected chi connectivity index (χ2v) is 5.30. The number of rotatable bonds is 6. The molecule has 21 heavy (non-hydrogen) atoms. The lowest BCUT2D eigenvalue weighted by Gasteiger charge is -2.17. The molecule has 0 radical (unpaired) electrons. The number of ether oxygens (including phenoxy) is 1. The molecule has 2 aromatic rings. The van der Waals surface area contributed by atoms with Gasteiger partial charge in [-0.1, -0.05) is 43.7 Å². The van der Waals surface area contributed by atoms with Crippen molar-refractivity contribution in [1.82, 2.24) is 9.97 Å². The fourth-order valence-corrected chi connectivity index (χ4v) is 2.13. The van der Waals surface area contributed by atoms with Crippen molar-refractivity contribution in [3.05, 3.63) is 47.3 Å². The van der Waals surface area contributed by atoms with E-state index in [-0.39, 0.29) is 0 Å². The highest BCUT2D eigenvalue weighted by atomic mass is 16.5. The molecule has 0 saturated carbocycles. The monoisotopic (exact) mass is 285 g/mol. The maximum absolute atomic E-state index is 6.00. The third-order valence-corrected chi connectivity index (χ3v) is 3.21. The summed E-state index contributed by atoms with van der Waals surface area (Å²) in [7, 11) is 3.91. The molecule has 0 unspecified atom stereocenters. The van der Waals surface area contributed by atoms with E-state index >= 15 is 0 Å². The summed E-state index contributed by atoms with van der Waals surface area (Å²) in [5.41, 5.74) is 3.04. The summed E-state index contributed by atoms with van der Waals surface area (Å²) < 4.78 is 6.00. The number of hydrogen-bond acceptors (Lipinski definition) is 4. The molecule has 0 bridgehead atoms. The topological polar surface area (TPSA) is 38.2 Å². The van der Waals surface area contributed by atoms with Crippen LogP contribution in [-0.4, -0.2) is 24.1 Å². The highest BCUT2D eigenvalue weighted by Gasteiger charge is 2.13. The van der Waals surface area contributed by atoms with Crippen LogP contribution in [0.5, 0.6) is 5.75 Å². The van der Waals surface area contributed by atoms with E-state index in [9.17, 15) is 0 Å². The predicted octanol–water partition coefficient (Wildman–Crippen LogP) is 3.38. The van der Waals surface area contributed by atoms with Crippen LogP contribution >= 0.6 is 0 Å². The van der Waals surface area contributed by atoms with Gasteiger partial charge in [0.1, 0.15) is 6.61 Å². The first-order valence-corrected chi connectivity index (χ1v) is 7.33. The largest absolute Gasteiger partial charge is 0.485 e. The molecule has 0 atom stereocenters. The molecule has 0 saturated heterocycles. The van der Waals surface area contributed by atoms with Crippen LogP contribution in [0.2, 0.25) is 0 Å². The van der Waals surface area contributed by atoms with Gasteiger partial charge in [-0.3, -0.25) is 0 Å². The SMILES string of the molecule is CCCc1nc(N(C)C)nc(C)c1OCc1ccccc1.